The van der Waals surface area contributed by atoms with Gasteiger partial charge in [-0.2, -0.15) is 0 Å². The summed E-state index contributed by atoms with van der Waals surface area (Å²) in [5, 5.41) is 7.84. The third kappa shape index (κ3) is 3.74. The highest BCUT2D eigenvalue weighted by Gasteiger charge is 2.16. The molecule has 0 aliphatic carbocycles. The Labute approximate surface area is 83.6 Å². The first kappa shape index (κ1) is 11.0. The van der Waals surface area contributed by atoms with E-state index in [0.29, 0.717) is 6.42 Å². The van der Waals surface area contributed by atoms with E-state index in [2.05, 4.69) is 16.0 Å². The molecule has 3 N–H and O–H groups in total. The molecule has 1 saturated heterocycles. The molecule has 0 spiro atoms. The van der Waals surface area contributed by atoms with E-state index in [1.807, 2.05) is 0 Å². The lowest BCUT2D eigenvalue weighted by Crippen LogP contribution is -2.42. The fourth-order valence-corrected chi connectivity index (χ4v) is 1.56. The number of carbonyl (C=O) groups excluding carboxylic acids is 2. The molecule has 5 heteroatoms. The minimum atomic E-state index is -0.439. The van der Waals surface area contributed by atoms with Crippen LogP contribution in [0.2, 0.25) is 0 Å². The Bertz CT molecular complexity index is 212. The number of piperidine rings is 1. The smallest absolute Gasteiger partial charge is 0.321 e. The molecule has 1 atom stereocenters. The molecule has 1 fully saturated rings. The summed E-state index contributed by atoms with van der Waals surface area (Å²) in [4.78, 5) is 22.1. The predicted molar refractivity (Wildman–Crippen MR) is 52.9 cm³/mol. The second-order valence-corrected chi connectivity index (χ2v) is 3.48. The van der Waals surface area contributed by atoms with Crippen molar-refractivity contribution in [1.82, 2.24) is 16.0 Å². The first-order valence-electron chi connectivity index (χ1n) is 4.97. The van der Waals surface area contributed by atoms with Crippen molar-refractivity contribution in [3.8, 4) is 0 Å². The molecular formula is C9H17N3O2. The van der Waals surface area contributed by atoms with Crippen LogP contribution < -0.4 is 16.0 Å². The van der Waals surface area contributed by atoms with Crippen molar-refractivity contribution in [1.29, 1.82) is 0 Å². The molecule has 1 aliphatic rings. The highest BCUT2D eigenvalue weighted by Crippen LogP contribution is 2.09. The Kier molecular flexibility index (Phi) is 4.39. The van der Waals surface area contributed by atoms with Crippen molar-refractivity contribution >= 4 is 11.9 Å². The summed E-state index contributed by atoms with van der Waals surface area (Å²) in [6, 6.07) is -0.209. The van der Waals surface area contributed by atoms with Gasteiger partial charge >= 0.3 is 6.03 Å². The Hall–Kier alpha value is -1.10. The maximum absolute atomic E-state index is 11.3. The first-order valence-corrected chi connectivity index (χ1v) is 4.97. The minimum Gasteiger partial charge on any atom is -0.341 e. The molecule has 80 valence electrons. The molecular weight excluding hydrogens is 182 g/mol. The summed E-state index contributed by atoms with van der Waals surface area (Å²) < 4.78 is 0. The summed E-state index contributed by atoms with van der Waals surface area (Å²) in [5.41, 5.74) is 0. The van der Waals surface area contributed by atoms with Crippen LogP contribution in [-0.4, -0.2) is 31.6 Å². The lowest BCUT2D eigenvalue weighted by molar-refractivity contribution is -0.120. The molecule has 5 nitrogen and oxygen atoms in total. The van der Waals surface area contributed by atoms with Gasteiger partial charge in [-0.25, -0.2) is 4.79 Å². The lowest BCUT2D eigenvalue weighted by atomic mass is 10.0. The highest BCUT2D eigenvalue weighted by atomic mass is 16.2. The van der Waals surface area contributed by atoms with Crippen molar-refractivity contribution in [3.05, 3.63) is 0 Å². The number of imide groups is 1. The van der Waals surface area contributed by atoms with Crippen LogP contribution in [0.4, 0.5) is 4.79 Å². The van der Waals surface area contributed by atoms with Gasteiger partial charge in [0.05, 0.1) is 0 Å². The molecule has 0 aromatic carbocycles. The molecule has 1 aliphatic heterocycles. The fraction of sp³-hybridized carbons (Fsp3) is 0.778. The van der Waals surface area contributed by atoms with E-state index in [9.17, 15) is 9.59 Å². The van der Waals surface area contributed by atoms with Crippen LogP contribution in [0.25, 0.3) is 0 Å². The number of hydrogen-bond acceptors (Lipinski definition) is 3. The van der Waals surface area contributed by atoms with Gasteiger partial charge in [-0.15, -0.1) is 0 Å². The third-order valence-electron chi connectivity index (χ3n) is 2.32. The molecule has 3 amide bonds. The monoisotopic (exact) mass is 199 g/mol. The Morgan fingerprint density at radius 3 is 2.79 bits per heavy atom. The molecule has 1 rings (SSSR count). The van der Waals surface area contributed by atoms with Crippen molar-refractivity contribution < 1.29 is 9.59 Å². The number of hydrogen-bond donors (Lipinski definition) is 3. The van der Waals surface area contributed by atoms with Gasteiger partial charge in [0.2, 0.25) is 5.91 Å². The number of nitrogens with one attached hydrogen (secondary N) is 3. The molecule has 0 aromatic heterocycles. The van der Waals surface area contributed by atoms with Crippen LogP contribution in [0.1, 0.15) is 25.7 Å². The number of carbonyl (C=O) groups is 2. The standard InChI is InChI=1S/C9H17N3O2/c1-10-9(14)12-8(13)6-7-4-2-3-5-11-7/h7,11H,2-6H2,1H3,(H2,10,12,13,14). The maximum atomic E-state index is 11.3. The average molecular weight is 199 g/mol. The zero-order valence-electron chi connectivity index (χ0n) is 8.43. The number of rotatable bonds is 2. The van der Waals surface area contributed by atoms with Crippen LogP contribution in [0.15, 0.2) is 0 Å². The van der Waals surface area contributed by atoms with E-state index in [1.165, 1.54) is 13.5 Å². The van der Waals surface area contributed by atoms with Gasteiger partial charge in [-0.05, 0) is 19.4 Å². The lowest BCUT2D eigenvalue weighted by Gasteiger charge is -2.22. The summed E-state index contributed by atoms with van der Waals surface area (Å²) in [5.74, 6) is -0.219. The van der Waals surface area contributed by atoms with Crippen LogP contribution in [0.5, 0.6) is 0 Å². The van der Waals surface area contributed by atoms with E-state index in [0.717, 1.165) is 19.4 Å². The van der Waals surface area contributed by atoms with Crippen LogP contribution in [-0.2, 0) is 4.79 Å². The van der Waals surface area contributed by atoms with Gasteiger partial charge in [0, 0.05) is 19.5 Å². The van der Waals surface area contributed by atoms with Crippen LogP contribution in [0, 0.1) is 0 Å². The topological polar surface area (TPSA) is 70.2 Å². The predicted octanol–water partition coefficient (Wildman–Crippen LogP) is -0.0258. The van der Waals surface area contributed by atoms with E-state index in [1.54, 1.807) is 0 Å². The molecule has 1 unspecified atom stereocenters. The largest absolute Gasteiger partial charge is 0.341 e. The summed E-state index contributed by atoms with van der Waals surface area (Å²) in [6.45, 7) is 0.970. The van der Waals surface area contributed by atoms with Crippen molar-refractivity contribution in [2.45, 2.75) is 31.7 Å². The van der Waals surface area contributed by atoms with Gasteiger partial charge in [-0.1, -0.05) is 6.42 Å². The van der Waals surface area contributed by atoms with Crippen LogP contribution in [0.3, 0.4) is 0 Å². The van der Waals surface area contributed by atoms with Crippen molar-refractivity contribution in [3.63, 3.8) is 0 Å². The highest BCUT2D eigenvalue weighted by molar-refractivity contribution is 5.94. The van der Waals surface area contributed by atoms with Gasteiger partial charge in [0.25, 0.3) is 0 Å². The van der Waals surface area contributed by atoms with Gasteiger partial charge < -0.3 is 10.6 Å². The molecule has 0 aromatic rings. The Morgan fingerprint density at radius 2 is 2.21 bits per heavy atom. The normalized spacial score (nSPS) is 21.4. The van der Waals surface area contributed by atoms with Crippen molar-refractivity contribution in [2.75, 3.05) is 13.6 Å². The number of amides is 3. The minimum absolute atomic E-state index is 0.219. The first-order chi connectivity index (χ1) is 6.72. The molecule has 1 heterocycles. The van der Waals surface area contributed by atoms with E-state index in [-0.39, 0.29) is 11.9 Å². The Morgan fingerprint density at radius 1 is 1.43 bits per heavy atom. The van der Waals surface area contributed by atoms with Gasteiger partial charge in [-0.3, -0.25) is 10.1 Å². The van der Waals surface area contributed by atoms with Gasteiger partial charge in [0.15, 0.2) is 0 Å². The van der Waals surface area contributed by atoms with Crippen molar-refractivity contribution in [2.24, 2.45) is 0 Å². The van der Waals surface area contributed by atoms with E-state index >= 15 is 0 Å². The molecule has 0 radical (unpaired) electrons. The van der Waals surface area contributed by atoms with E-state index in [4.69, 9.17) is 0 Å². The Balaban J connectivity index is 2.21. The average Bonchev–Trinajstić information content (AvgIpc) is 2.19. The molecule has 14 heavy (non-hydrogen) atoms. The van der Waals surface area contributed by atoms with Gasteiger partial charge in [0.1, 0.15) is 0 Å². The summed E-state index contributed by atoms with van der Waals surface area (Å²) >= 11 is 0. The quantitative estimate of drug-likeness (QED) is 0.585. The number of urea groups is 1. The van der Waals surface area contributed by atoms with E-state index < -0.39 is 6.03 Å². The molecule has 0 saturated carbocycles. The summed E-state index contributed by atoms with van der Waals surface area (Å²) in [6.07, 6.45) is 3.73. The third-order valence-corrected chi connectivity index (χ3v) is 2.32. The zero-order chi connectivity index (χ0) is 10.4. The second kappa shape index (κ2) is 5.59. The summed E-state index contributed by atoms with van der Waals surface area (Å²) in [7, 11) is 1.49. The second-order valence-electron chi connectivity index (χ2n) is 3.48. The maximum Gasteiger partial charge on any atom is 0.321 e. The fourth-order valence-electron chi connectivity index (χ4n) is 1.56. The zero-order valence-corrected chi connectivity index (χ0v) is 8.43. The SMILES string of the molecule is CNC(=O)NC(=O)CC1CCCCN1. The molecule has 0 bridgehead atoms. The van der Waals surface area contributed by atoms with Crippen LogP contribution >= 0.6 is 0 Å².